The van der Waals surface area contributed by atoms with Crippen LogP contribution in [-0.4, -0.2) is 39.7 Å². The molecule has 4 rings (SSSR count). The molecule has 1 atom stereocenters. The van der Waals surface area contributed by atoms with Crippen molar-refractivity contribution in [2.75, 3.05) is 25.0 Å². The highest BCUT2D eigenvalue weighted by Crippen LogP contribution is 2.21. The van der Waals surface area contributed by atoms with Gasteiger partial charge in [-0.25, -0.2) is 4.98 Å². The first-order valence-electron chi connectivity index (χ1n) is 9.03. The minimum atomic E-state index is 0.608. The minimum absolute atomic E-state index is 0.608. The molecule has 0 bridgehead atoms. The third-order valence-electron chi connectivity index (χ3n) is 4.71. The lowest BCUT2D eigenvalue weighted by molar-refractivity contribution is 0.261. The van der Waals surface area contributed by atoms with Crippen LogP contribution in [-0.2, 0) is 6.54 Å². The van der Waals surface area contributed by atoms with E-state index in [2.05, 4.69) is 44.4 Å². The molecular weight excluding hydrogens is 326 g/mol. The second-order valence-corrected chi connectivity index (χ2v) is 6.87. The van der Waals surface area contributed by atoms with E-state index < -0.39 is 0 Å². The molecule has 1 N–H and O–H groups in total. The Morgan fingerprint density at radius 3 is 3.04 bits per heavy atom. The fraction of sp³-hybridized carbons (Fsp3) is 0.350. The van der Waals surface area contributed by atoms with E-state index in [-0.39, 0.29) is 0 Å². The lowest BCUT2D eigenvalue weighted by atomic mass is 10.1. The molecule has 1 unspecified atom stereocenters. The van der Waals surface area contributed by atoms with Gasteiger partial charge in [-0.1, -0.05) is 35.0 Å². The van der Waals surface area contributed by atoms with Crippen molar-refractivity contribution in [1.82, 2.24) is 20.0 Å². The van der Waals surface area contributed by atoms with Crippen LogP contribution >= 0.6 is 0 Å². The Kier molecular flexibility index (Phi) is 4.93. The van der Waals surface area contributed by atoms with Crippen molar-refractivity contribution in [3.8, 4) is 11.4 Å². The predicted molar refractivity (Wildman–Crippen MR) is 101 cm³/mol. The van der Waals surface area contributed by atoms with Crippen molar-refractivity contribution in [2.24, 2.45) is 5.92 Å². The predicted octanol–water partition coefficient (Wildman–Crippen LogP) is 3.37. The Morgan fingerprint density at radius 2 is 2.19 bits per heavy atom. The van der Waals surface area contributed by atoms with Crippen molar-refractivity contribution in [2.45, 2.75) is 19.9 Å². The second-order valence-electron chi connectivity index (χ2n) is 6.87. The summed E-state index contributed by atoms with van der Waals surface area (Å²) in [4.78, 5) is 11.2. The monoisotopic (exact) mass is 349 g/mol. The number of rotatable bonds is 6. The molecular formula is C20H23N5O. The van der Waals surface area contributed by atoms with Crippen LogP contribution in [0.2, 0.25) is 0 Å². The topological polar surface area (TPSA) is 67.1 Å². The minimum Gasteiger partial charge on any atom is -0.370 e. The van der Waals surface area contributed by atoms with Crippen molar-refractivity contribution >= 4 is 5.82 Å². The zero-order valence-corrected chi connectivity index (χ0v) is 14.9. The molecule has 2 aromatic heterocycles. The number of nitrogens with one attached hydrogen (secondary N) is 1. The summed E-state index contributed by atoms with van der Waals surface area (Å²) in [7, 11) is 0. The summed E-state index contributed by atoms with van der Waals surface area (Å²) in [6.45, 7) is 5.79. The van der Waals surface area contributed by atoms with Crippen LogP contribution < -0.4 is 5.32 Å². The van der Waals surface area contributed by atoms with Crippen LogP contribution in [0.1, 0.15) is 17.9 Å². The summed E-state index contributed by atoms with van der Waals surface area (Å²) in [5, 5.41) is 7.54. The highest BCUT2D eigenvalue weighted by Gasteiger charge is 2.24. The first-order chi connectivity index (χ1) is 12.8. The fourth-order valence-corrected chi connectivity index (χ4v) is 3.35. The van der Waals surface area contributed by atoms with Gasteiger partial charge in [0.25, 0.3) is 0 Å². The van der Waals surface area contributed by atoms with Gasteiger partial charge in [-0.05, 0) is 44.0 Å². The van der Waals surface area contributed by atoms with Gasteiger partial charge in [0.15, 0.2) is 0 Å². The number of likely N-dealkylation sites (tertiary alicyclic amines) is 1. The second kappa shape index (κ2) is 7.66. The summed E-state index contributed by atoms with van der Waals surface area (Å²) in [5.41, 5.74) is 2.19. The molecule has 1 aliphatic heterocycles. The molecule has 1 fully saturated rings. The van der Waals surface area contributed by atoms with Gasteiger partial charge in [-0.15, -0.1) is 0 Å². The quantitative estimate of drug-likeness (QED) is 0.736. The van der Waals surface area contributed by atoms with E-state index in [1.807, 2.05) is 36.5 Å². The summed E-state index contributed by atoms with van der Waals surface area (Å²) >= 11 is 0. The summed E-state index contributed by atoms with van der Waals surface area (Å²) in [6, 6.07) is 14.1. The van der Waals surface area contributed by atoms with Gasteiger partial charge in [-0.3, -0.25) is 4.90 Å². The highest BCUT2D eigenvalue weighted by atomic mass is 16.5. The highest BCUT2D eigenvalue weighted by molar-refractivity contribution is 5.55. The fourth-order valence-electron chi connectivity index (χ4n) is 3.35. The Labute approximate surface area is 153 Å². The van der Waals surface area contributed by atoms with E-state index in [9.17, 15) is 0 Å². The van der Waals surface area contributed by atoms with Gasteiger partial charge < -0.3 is 9.84 Å². The summed E-state index contributed by atoms with van der Waals surface area (Å²) < 4.78 is 5.46. The largest absolute Gasteiger partial charge is 0.370 e. The smallest absolute Gasteiger partial charge is 0.241 e. The average molecular weight is 349 g/mol. The molecule has 6 heteroatoms. The number of hydrogen-bond donors (Lipinski definition) is 1. The van der Waals surface area contributed by atoms with Crippen LogP contribution in [0.15, 0.2) is 53.2 Å². The molecule has 1 aromatic carbocycles. The molecule has 6 nitrogen and oxygen atoms in total. The van der Waals surface area contributed by atoms with Gasteiger partial charge in [0.2, 0.25) is 11.7 Å². The van der Waals surface area contributed by atoms with Crippen molar-refractivity contribution in [3.63, 3.8) is 0 Å². The number of aromatic nitrogens is 3. The maximum absolute atomic E-state index is 5.46. The van der Waals surface area contributed by atoms with Gasteiger partial charge in [0.1, 0.15) is 5.82 Å². The van der Waals surface area contributed by atoms with Crippen molar-refractivity contribution in [1.29, 1.82) is 0 Å². The first-order valence-corrected chi connectivity index (χ1v) is 9.03. The van der Waals surface area contributed by atoms with E-state index in [0.717, 1.165) is 31.0 Å². The van der Waals surface area contributed by atoms with E-state index in [1.54, 1.807) is 0 Å². The average Bonchev–Trinajstić information content (AvgIpc) is 3.31. The molecule has 3 aromatic rings. The van der Waals surface area contributed by atoms with Gasteiger partial charge in [0, 0.05) is 24.8 Å². The van der Waals surface area contributed by atoms with Crippen LogP contribution in [0, 0.1) is 12.8 Å². The van der Waals surface area contributed by atoms with E-state index in [0.29, 0.717) is 24.2 Å². The zero-order chi connectivity index (χ0) is 17.8. The molecule has 0 amide bonds. The number of anilines is 1. The van der Waals surface area contributed by atoms with Gasteiger partial charge >= 0.3 is 0 Å². The third-order valence-corrected chi connectivity index (χ3v) is 4.71. The van der Waals surface area contributed by atoms with Gasteiger partial charge in [-0.2, -0.15) is 4.98 Å². The van der Waals surface area contributed by atoms with Gasteiger partial charge in [0.05, 0.1) is 6.54 Å². The molecule has 0 aliphatic carbocycles. The van der Waals surface area contributed by atoms with Crippen molar-refractivity contribution in [3.05, 3.63) is 60.1 Å². The zero-order valence-electron chi connectivity index (χ0n) is 14.9. The molecule has 0 radical (unpaired) electrons. The lowest BCUT2D eigenvalue weighted by Crippen LogP contribution is -2.23. The number of pyridine rings is 1. The van der Waals surface area contributed by atoms with E-state index in [1.165, 1.54) is 12.0 Å². The molecule has 134 valence electrons. The third kappa shape index (κ3) is 4.08. The van der Waals surface area contributed by atoms with E-state index in [4.69, 9.17) is 4.52 Å². The number of nitrogens with zero attached hydrogens (tertiary/aromatic N) is 4. The normalized spacial score (nSPS) is 17.5. The number of benzene rings is 1. The molecule has 1 aliphatic rings. The molecule has 0 saturated carbocycles. The Balaban J connectivity index is 1.30. The van der Waals surface area contributed by atoms with Crippen LogP contribution in [0.3, 0.4) is 0 Å². The molecule has 26 heavy (non-hydrogen) atoms. The Morgan fingerprint density at radius 1 is 1.23 bits per heavy atom. The summed E-state index contributed by atoms with van der Waals surface area (Å²) in [5.74, 6) is 2.89. The maximum atomic E-state index is 5.46. The van der Waals surface area contributed by atoms with Crippen molar-refractivity contribution < 1.29 is 4.52 Å². The van der Waals surface area contributed by atoms with Crippen LogP contribution in [0.5, 0.6) is 0 Å². The SMILES string of the molecule is Cc1cccc(-c2noc(CN3CCC(CNc4ccccn4)C3)n2)c1. The number of aryl methyl sites for hydroxylation is 1. The first kappa shape index (κ1) is 16.7. The number of hydrogen-bond acceptors (Lipinski definition) is 6. The molecule has 3 heterocycles. The lowest BCUT2D eigenvalue weighted by Gasteiger charge is -2.14. The summed E-state index contributed by atoms with van der Waals surface area (Å²) in [6.07, 6.45) is 2.98. The van der Waals surface area contributed by atoms with E-state index >= 15 is 0 Å². The standard InChI is InChI=1S/C20H23N5O/c1-15-5-4-6-17(11-15)20-23-19(26-24-20)14-25-10-8-16(13-25)12-22-18-7-2-3-9-21-18/h2-7,9,11,16H,8,10,12-14H2,1H3,(H,21,22). The van der Waals surface area contributed by atoms with Crippen LogP contribution in [0.4, 0.5) is 5.82 Å². The Bertz CT molecular complexity index is 848. The Hall–Kier alpha value is -2.73. The maximum Gasteiger partial charge on any atom is 0.241 e. The molecule has 0 spiro atoms. The van der Waals surface area contributed by atoms with Crippen LogP contribution in [0.25, 0.3) is 11.4 Å². The molecule has 1 saturated heterocycles.